The maximum absolute atomic E-state index is 11.4. The Morgan fingerprint density at radius 1 is 1.50 bits per heavy atom. The van der Waals surface area contributed by atoms with Crippen LogP contribution in [0, 0.1) is 5.92 Å². The second kappa shape index (κ2) is 4.99. The van der Waals surface area contributed by atoms with E-state index in [4.69, 9.17) is 0 Å². The van der Waals surface area contributed by atoms with Crippen LogP contribution in [-0.4, -0.2) is 10.4 Å². The zero-order valence-electron chi connectivity index (χ0n) is 9.29. The summed E-state index contributed by atoms with van der Waals surface area (Å²) in [6, 6.07) is 1.91. The molecule has 1 unspecified atom stereocenters. The third-order valence-electron chi connectivity index (χ3n) is 2.61. The molecule has 1 atom stereocenters. The highest BCUT2D eigenvalue weighted by Crippen LogP contribution is 2.09. The Labute approximate surface area is 85.9 Å². The molecule has 0 radical (unpaired) electrons. The SMILES string of the molecule is CCC(=O)c1ccn(CC(C)CC)c1. The van der Waals surface area contributed by atoms with E-state index < -0.39 is 0 Å². The summed E-state index contributed by atoms with van der Waals surface area (Å²) in [6.45, 7) is 7.31. The molecule has 0 aliphatic heterocycles. The number of rotatable bonds is 5. The third kappa shape index (κ3) is 2.72. The lowest BCUT2D eigenvalue weighted by Gasteiger charge is -2.08. The third-order valence-corrected chi connectivity index (χ3v) is 2.61. The first-order chi connectivity index (χ1) is 6.67. The van der Waals surface area contributed by atoms with E-state index in [2.05, 4.69) is 18.4 Å². The van der Waals surface area contributed by atoms with E-state index in [0.717, 1.165) is 12.1 Å². The Bertz CT molecular complexity index is 301. The predicted molar refractivity (Wildman–Crippen MR) is 58.5 cm³/mol. The molecule has 1 rings (SSSR count). The molecule has 78 valence electrons. The first kappa shape index (κ1) is 11.0. The molecule has 14 heavy (non-hydrogen) atoms. The molecule has 1 heterocycles. The van der Waals surface area contributed by atoms with Crippen molar-refractivity contribution in [2.45, 2.75) is 40.2 Å². The Hall–Kier alpha value is -1.05. The molecule has 1 aromatic rings. The maximum atomic E-state index is 11.4. The molecule has 0 aliphatic rings. The highest BCUT2D eigenvalue weighted by molar-refractivity contribution is 5.95. The van der Waals surface area contributed by atoms with Gasteiger partial charge in [0.25, 0.3) is 0 Å². The van der Waals surface area contributed by atoms with Crippen molar-refractivity contribution in [1.29, 1.82) is 0 Å². The summed E-state index contributed by atoms with van der Waals surface area (Å²) in [5.41, 5.74) is 0.843. The van der Waals surface area contributed by atoms with Gasteiger partial charge in [-0.1, -0.05) is 27.2 Å². The fourth-order valence-corrected chi connectivity index (χ4v) is 1.41. The average Bonchev–Trinajstić information content (AvgIpc) is 2.65. The van der Waals surface area contributed by atoms with Crippen LogP contribution in [0.25, 0.3) is 0 Å². The molecule has 0 fully saturated rings. The molecular formula is C12H19NO. The molecule has 0 amide bonds. The molecular weight excluding hydrogens is 174 g/mol. The van der Waals surface area contributed by atoms with Crippen molar-refractivity contribution in [3.8, 4) is 0 Å². The predicted octanol–water partition coefficient (Wildman–Crippen LogP) is 3.13. The van der Waals surface area contributed by atoms with E-state index in [1.165, 1.54) is 6.42 Å². The molecule has 0 saturated carbocycles. The molecule has 1 aromatic heterocycles. The summed E-state index contributed by atoms with van der Waals surface area (Å²) in [6.07, 6.45) is 5.72. The van der Waals surface area contributed by atoms with Gasteiger partial charge in [-0.25, -0.2) is 0 Å². The lowest BCUT2D eigenvalue weighted by molar-refractivity contribution is 0.0988. The quantitative estimate of drug-likeness (QED) is 0.658. The number of hydrogen-bond donors (Lipinski definition) is 0. The second-order valence-electron chi connectivity index (χ2n) is 3.89. The molecule has 0 spiro atoms. The summed E-state index contributed by atoms with van der Waals surface area (Å²) in [7, 11) is 0. The minimum Gasteiger partial charge on any atom is -0.353 e. The topological polar surface area (TPSA) is 22.0 Å². The van der Waals surface area contributed by atoms with Crippen LogP contribution in [-0.2, 0) is 6.54 Å². The average molecular weight is 193 g/mol. The highest BCUT2D eigenvalue weighted by Gasteiger charge is 2.06. The number of ketones is 1. The Balaban J connectivity index is 2.63. The van der Waals surface area contributed by atoms with Crippen LogP contribution in [0.3, 0.4) is 0 Å². The summed E-state index contributed by atoms with van der Waals surface area (Å²) >= 11 is 0. The maximum Gasteiger partial charge on any atom is 0.164 e. The molecule has 0 bridgehead atoms. The van der Waals surface area contributed by atoms with Crippen molar-refractivity contribution in [3.63, 3.8) is 0 Å². The van der Waals surface area contributed by atoms with E-state index in [0.29, 0.717) is 12.3 Å². The fourth-order valence-electron chi connectivity index (χ4n) is 1.41. The van der Waals surface area contributed by atoms with Gasteiger partial charge in [0.2, 0.25) is 0 Å². The van der Waals surface area contributed by atoms with Crippen molar-refractivity contribution in [2.75, 3.05) is 0 Å². The van der Waals surface area contributed by atoms with E-state index in [1.54, 1.807) is 0 Å². The number of aromatic nitrogens is 1. The van der Waals surface area contributed by atoms with Gasteiger partial charge in [0.15, 0.2) is 5.78 Å². The smallest absolute Gasteiger partial charge is 0.164 e. The zero-order chi connectivity index (χ0) is 10.6. The minimum atomic E-state index is 0.230. The van der Waals surface area contributed by atoms with E-state index in [1.807, 2.05) is 25.4 Å². The van der Waals surface area contributed by atoms with Crippen LogP contribution in [0.15, 0.2) is 18.5 Å². The number of Topliss-reactive ketones (excluding diaryl/α,β-unsaturated/α-hetero) is 1. The largest absolute Gasteiger partial charge is 0.353 e. The van der Waals surface area contributed by atoms with Crippen molar-refractivity contribution in [2.24, 2.45) is 5.92 Å². The van der Waals surface area contributed by atoms with Gasteiger partial charge in [-0.15, -0.1) is 0 Å². The van der Waals surface area contributed by atoms with Gasteiger partial charge in [-0.05, 0) is 12.0 Å². The normalized spacial score (nSPS) is 12.8. The Kier molecular flexibility index (Phi) is 3.93. The van der Waals surface area contributed by atoms with Gasteiger partial charge < -0.3 is 4.57 Å². The molecule has 0 aromatic carbocycles. The van der Waals surface area contributed by atoms with Crippen LogP contribution in [0.2, 0.25) is 0 Å². The number of carbonyl (C=O) groups is 1. The highest BCUT2D eigenvalue weighted by atomic mass is 16.1. The van der Waals surface area contributed by atoms with Crippen molar-refractivity contribution in [1.82, 2.24) is 4.57 Å². The summed E-state index contributed by atoms with van der Waals surface area (Å²) in [5.74, 6) is 0.903. The standard InChI is InChI=1S/C12H19NO/c1-4-10(3)8-13-7-6-11(9-13)12(14)5-2/h6-7,9-10H,4-5,8H2,1-3H3. The first-order valence-corrected chi connectivity index (χ1v) is 5.36. The second-order valence-corrected chi connectivity index (χ2v) is 3.89. The van der Waals surface area contributed by atoms with Crippen LogP contribution >= 0.6 is 0 Å². The van der Waals surface area contributed by atoms with Gasteiger partial charge >= 0.3 is 0 Å². The van der Waals surface area contributed by atoms with Crippen LogP contribution < -0.4 is 0 Å². The molecule has 2 heteroatoms. The fraction of sp³-hybridized carbons (Fsp3) is 0.583. The van der Waals surface area contributed by atoms with Crippen LogP contribution in [0.4, 0.5) is 0 Å². The summed E-state index contributed by atoms with van der Waals surface area (Å²) < 4.78 is 2.11. The van der Waals surface area contributed by atoms with E-state index in [-0.39, 0.29) is 5.78 Å². The van der Waals surface area contributed by atoms with E-state index >= 15 is 0 Å². The van der Waals surface area contributed by atoms with Crippen LogP contribution in [0.1, 0.15) is 44.0 Å². The van der Waals surface area contributed by atoms with Gasteiger partial charge in [0.05, 0.1) is 0 Å². The van der Waals surface area contributed by atoms with Gasteiger partial charge in [-0.2, -0.15) is 0 Å². The van der Waals surface area contributed by atoms with Crippen molar-refractivity contribution >= 4 is 5.78 Å². The summed E-state index contributed by atoms with van der Waals surface area (Å²) in [5, 5.41) is 0. The van der Waals surface area contributed by atoms with Gasteiger partial charge in [-0.3, -0.25) is 4.79 Å². The van der Waals surface area contributed by atoms with Crippen LogP contribution in [0.5, 0.6) is 0 Å². The Morgan fingerprint density at radius 3 is 2.79 bits per heavy atom. The van der Waals surface area contributed by atoms with Crippen molar-refractivity contribution in [3.05, 3.63) is 24.0 Å². The summed E-state index contributed by atoms with van der Waals surface area (Å²) in [4.78, 5) is 11.4. The monoisotopic (exact) mass is 193 g/mol. The minimum absolute atomic E-state index is 0.230. The molecule has 0 aliphatic carbocycles. The Morgan fingerprint density at radius 2 is 2.21 bits per heavy atom. The van der Waals surface area contributed by atoms with Gasteiger partial charge in [0, 0.05) is 30.9 Å². The zero-order valence-corrected chi connectivity index (χ0v) is 9.29. The lowest BCUT2D eigenvalue weighted by atomic mass is 10.1. The number of nitrogens with zero attached hydrogens (tertiary/aromatic N) is 1. The molecule has 0 N–H and O–H groups in total. The van der Waals surface area contributed by atoms with E-state index in [9.17, 15) is 4.79 Å². The molecule has 0 saturated heterocycles. The van der Waals surface area contributed by atoms with Crippen molar-refractivity contribution < 1.29 is 4.79 Å². The van der Waals surface area contributed by atoms with Gasteiger partial charge in [0.1, 0.15) is 0 Å². The number of hydrogen-bond acceptors (Lipinski definition) is 1. The molecule has 2 nitrogen and oxygen atoms in total. The number of carbonyl (C=O) groups excluding carboxylic acids is 1. The first-order valence-electron chi connectivity index (χ1n) is 5.36. The lowest BCUT2D eigenvalue weighted by Crippen LogP contribution is -2.04.